The van der Waals surface area contributed by atoms with Gasteiger partial charge in [-0.2, -0.15) is 0 Å². The lowest BCUT2D eigenvalue weighted by molar-refractivity contribution is -0.0485. The van der Waals surface area contributed by atoms with Gasteiger partial charge >= 0.3 is 0 Å². The van der Waals surface area contributed by atoms with Crippen LogP contribution in [0.25, 0.3) is 11.0 Å². The minimum Gasteiger partial charge on any atom is -0.409 e. The summed E-state index contributed by atoms with van der Waals surface area (Å²) in [6.45, 7) is 0. The van der Waals surface area contributed by atoms with Crippen LogP contribution in [0.15, 0.2) is 34.2 Å². The summed E-state index contributed by atoms with van der Waals surface area (Å²) in [5, 5.41) is 12.3. The fourth-order valence-corrected chi connectivity index (χ4v) is 7.87. The predicted octanol–water partition coefficient (Wildman–Crippen LogP) is 4.02. The Hall–Kier alpha value is -2.41. The topological polar surface area (TPSA) is 96.7 Å². The number of para-hydroxylation sites is 2. The molecule has 0 radical (unpaired) electrons. The van der Waals surface area contributed by atoms with Crippen molar-refractivity contribution >= 4 is 16.9 Å². The van der Waals surface area contributed by atoms with Crippen LogP contribution >= 0.6 is 0 Å². The van der Waals surface area contributed by atoms with Crippen molar-refractivity contribution < 1.29 is 5.21 Å². The molecule has 176 valence electrons. The summed E-state index contributed by atoms with van der Waals surface area (Å²) < 4.78 is 1.91. The van der Waals surface area contributed by atoms with E-state index in [0.29, 0.717) is 17.6 Å². The molecular formula is C26H35N5O2. The Morgan fingerprint density at radius 1 is 0.909 bits per heavy atom. The quantitative estimate of drug-likeness (QED) is 0.319. The van der Waals surface area contributed by atoms with E-state index in [4.69, 9.17) is 5.73 Å². The van der Waals surface area contributed by atoms with Gasteiger partial charge in [0.05, 0.1) is 11.0 Å². The number of hydrogen-bond acceptors (Lipinski definition) is 5. The van der Waals surface area contributed by atoms with Crippen LogP contribution in [0.5, 0.6) is 0 Å². The normalized spacial score (nSPS) is 35.0. The molecule has 3 heterocycles. The molecule has 3 N–H and O–H groups in total. The lowest BCUT2D eigenvalue weighted by Gasteiger charge is -2.55. The first kappa shape index (κ1) is 21.1. The zero-order chi connectivity index (χ0) is 22.5. The van der Waals surface area contributed by atoms with Crippen molar-refractivity contribution in [2.75, 3.05) is 0 Å². The second-order valence-electron chi connectivity index (χ2n) is 10.9. The van der Waals surface area contributed by atoms with Crippen molar-refractivity contribution in [3.05, 3.63) is 40.3 Å². The Labute approximate surface area is 194 Å². The van der Waals surface area contributed by atoms with Crippen LogP contribution in [0, 0.1) is 11.8 Å². The van der Waals surface area contributed by atoms with Crippen LogP contribution in [0.1, 0.15) is 82.4 Å². The average Bonchev–Trinajstić information content (AvgIpc) is 2.82. The summed E-state index contributed by atoms with van der Waals surface area (Å²) in [6.07, 6.45) is 14.2. The van der Waals surface area contributed by atoms with Crippen LogP contribution in [0.4, 0.5) is 0 Å². The van der Waals surface area contributed by atoms with Gasteiger partial charge in [0.25, 0.3) is 5.56 Å². The lowest BCUT2D eigenvalue weighted by Crippen LogP contribution is -2.58. The Bertz CT molecular complexity index is 1100. The fraction of sp³-hybridized carbons (Fsp3) is 0.654. The van der Waals surface area contributed by atoms with Crippen LogP contribution in [-0.4, -0.2) is 43.6 Å². The van der Waals surface area contributed by atoms with E-state index in [9.17, 15) is 10.0 Å². The van der Waals surface area contributed by atoms with E-state index in [0.717, 1.165) is 36.2 Å². The van der Waals surface area contributed by atoms with Crippen LogP contribution in [0.3, 0.4) is 0 Å². The zero-order valence-corrected chi connectivity index (χ0v) is 19.3. The van der Waals surface area contributed by atoms with Crippen molar-refractivity contribution in [3.8, 4) is 0 Å². The minimum atomic E-state index is -0.243. The Morgan fingerprint density at radius 3 is 2.27 bits per heavy atom. The third-order valence-electron chi connectivity index (χ3n) is 9.04. The molecule has 2 aliphatic carbocycles. The Balaban J connectivity index is 1.35. The van der Waals surface area contributed by atoms with Crippen LogP contribution < -0.4 is 11.3 Å². The highest BCUT2D eigenvalue weighted by Gasteiger charge is 2.45. The summed E-state index contributed by atoms with van der Waals surface area (Å²) in [7, 11) is 0. The molecule has 33 heavy (non-hydrogen) atoms. The van der Waals surface area contributed by atoms with Gasteiger partial charge in [0.2, 0.25) is 0 Å². The maximum Gasteiger partial charge on any atom is 0.281 e. The molecule has 6 rings (SSSR count). The monoisotopic (exact) mass is 449 g/mol. The molecule has 2 saturated heterocycles. The Kier molecular flexibility index (Phi) is 5.40. The molecule has 0 amide bonds. The van der Waals surface area contributed by atoms with Gasteiger partial charge in [0.15, 0.2) is 11.5 Å². The van der Waals surface area contributed by atoms with E-state index in [1.54, 1.807) is 0 Å². The predicted molar refractivity (Wildman–Crippen MR) is 129 cm³/mol. The Morgan fingerprint density at radius 2 is 1.58 bits per heavy atom. The lowest BCUT2D eigenvalue weighted by atomic mass is 9.68. The van der Waals surface area contributed by atoms with Crippen molar-refractivity contribution in [2.45, 2.75) is 94.8 Å². The molecule has 4 fully saturated rings. The number of amidine groups is 1. The number of oxime groups is 1. The first-order chi connectivity index (χ1) is 16.1. The number of aromatic nitrogens is 2. The van der Waals surface area contributed by atoms with Crippen molar-refractivity contribution in [1.82, 2.24) is 14.5 Å². The summed E-state index contributed by atoms with van der Waals surface area (Å²) in [4.78, 5) is 20.9. The summed E-state index contributed by atoms with van der Waals surface area (Å²) in [5.74, 6) is 1.64. The maximum absolute atomic E-state index is 13.5. The SMILES string of the molecule is N/C(=N\O)c1nc2ccccc2n(C2C[C@H]3CCC[C@@H](C2)N3C2CC3CCCC(C3)C2)c1=O. The summed E-state index contributed by atoms with van der Waals surface area (Å²) in [5.41, 5.74) is 7.22. The average molecular weight is 450 g/mol. The van der Waals surface area contributed by atoms with Gasteiger partial charge in [-0.3, -0.25) is 9.69 Å². The number of nitrogens with two attached hydrogens (primary N) is 1. The number of piperidine rings is 2. The van der Waals surface area contributed by atoms with Gasteiger partial charge < -0.3 is 15.5 Å². The second-order valence-corrected chi connectivity index (χ2v) is 10.9. The molecule has 7 heteroatoms. The van der Waals surface area contributed by atoms with Crippen molar-refractivity contribution in [2.24, 2.45) is 22.7 Å². The highest BCUT2D eigenvalue weighted by atomic mass is 16.4. The minimum absolute atomic E-state index is 0.0453. The van der Waals surface area contributed by atoms with E-state index in [1.807, 2.05) is 28.8 Å². The van der Waals surface area contributed by atoms with Crippen molar-refractivity contribution in [3.63, 3.8) is 0 Å². The number of fused-ring (bicyclic) bond motifs is 5. The van der Waals surface area contributed by atoms with Gasteiger partial charge in [-0.05, 0) is 68.9 Å². The molecule has 4 aliphatic rings. The number of rotatable bonds is 3. The van der Waals surface area contributed by atoms with Crippen molar-refractivity contribution in [1.29, 1.82) is 0 Å². The summed E-state index contributed by atoms with van der Waals surface area (Å²) in [6, 6.07) is 9.67. The zero-order valence-electron chi connectivity index (χ0n) is 19.3. The molecule has 1 aromatic heterocycles. The molecule has 2 aliphatic heterocycles. The summed E-state index contributed by atoms with van der Waals surface area (Å²) >= 11 is 0. The van der Waals surface area contributed by atoms with Gasteiger partial charge in [-0.1, -0.05) is 43.0 Å². The molecular weight excluding hydrogens is 414 g/mol. The molecule has 4 bridgehead atoms. The van der Waals surface area contributed by atoms with Gasteiger partial charge in [0.1, 0.15) is 0 Å². The van der Waals surface area contributed by atoms with Gasteiger partial charge in [-0.25, -0.2) is 4.98 Å². The van der Waals surface area contributed by atoms with Crippen LogP contribution in [0.2, 0.25) is 0 Å². The first-order valence-corrected chi connectivity index (χ1v) is 12.9. The third kappa shape index (κ3) is 3.65. The first-order valence-electron chi connectivity index (χ1n) is 12.9. The molecule has 1 aromatic carbocycles. The number of nitrogens with zero attached hydrogens (tertiary/aromatic N) is 4. The van der Waals surface area contributed by atoms with E-state index >= 15 is 0 Å². The molecule has 2 saturated carbocycles. The maximum atomic E-state index is 13.5. The van der Waals surface area contributed by atoms with Gasteiger partial charge in [-0.15, -0.1) is 0 Å². The molecule has 5 atom stereocenters. The highest BCUT2D eigenvalue weighted by Crippen LogP contribution is 2.47. The number of benzene rings is 1. The van der Waals surface area contributed by atoms with E-state index in [-0.39, 0.29) is 23.1 Å². The van der Waals surface area contributed by atoms with Crippen LogP contribution in [-0.2, 0) is 0 Å². The second kappa shape index (κ2) is 8.42. The van der Waals surface area contributed by atoms with E-state index < -0.39 is 0 Å². The molecule has 2 aromatic rings. The van der Waals surface area contributed by atoms with E-state index in [1.165, 1.54) is 57.8 Å². The molecule has 3 unspecified atom stereocenters. The molecule has 7 nitrogen and oxygen atoms in total. The molecule has 0 spiro atoms. The fourth-order valence-electron chi connectivity index (χ4n) is 7.87. The third-order valence-corrected chi connectivity index (χ3v) is 9.04. The largest absolute Gasteiger partial charge is 0.409 e. The van der Waals surface area contributed by atoms with E-state index in [2.05, 4.69) is 15.0 Å². The smallest absolute Gasteiger partial charge is 0.281 e. The highest BCUT2D eigenvalue weighted by molar-refractivity contribution is 5.96. The standard InChI is InChI=1S/C26H35N5O2/c27-25(29-33)24-26(32)31(23-10-2-1-9-22(23)28-24)21-14-18-7-4-8-19(15-21)30(18)20-12-16-5-3-6-17(11-16)13-20/h1-2,9-10,16-21,33H,3-8,11-15H2,(H2,27,29)/t16?,17?,18-,19+,20?,21?. The van der Waals surface area contributed by atoms with Gasteiger partial charge in [0, 0.05) is 24.2 Å². The number of hydrogen-bond donors (Lipinski definition) is 2.